The highest BCUT2D eigenvalue weighted by Gasteiger charge is 2.28. The molecule has 4 nitrogen and oxygen atoms in total. The molecule has 1 aromatic carbocycles. The highest BCUT2D eigenvalue weighted by atomic mass is 79.9. The first-order chi connectivity index (χ1) is 8.63. The van der Waals surface area contributed by atoms with Crippen LogP contribution in [0.5, 0.6) is 0 Å². The summed E-state index contributed by atoms with van der Waals surface area (Å²) in [4.78, 5) is 15.9. The topological polar surface area (TPSA) is 35.6 Å². The molecule has 1 aliphatic rings. The van der Waals surface area contributed by atoms with Gasteiger partial charge in [-0.3, -0.25) is 4.90 Å². The van der Waals surface area contributed by atoms with E-state index in [0.29, 0.717) is 0 Å². The van der Waals surface area contributed by atoms with Gasteiger partial charge >= 0.3 is 6.03 Å². The van der Waals surface area contributed by atoms with Gasteiger partial charge in [-0.05, 0) is 31.7 Å². The first kappa shape index (κ1) is 13.4. The molecule has 0 radical (unpaired) electrons. The minimum Gasteiger partial charge on any atom is -0.321 e. The quantitative estimate of drug-likeness (QED) is 0.925. The van der Waals surface area contributed by atoms with E-state index in [1.807, 2.05) is 42.0 Å². The Labute approximate surface area is 116 Å². The van der Waals surface area contributed by atoms with E-state index >= 15 is 0 Å². The highest BCUT2D eigenvalue weighted by molar-refractivity contribution is 9.10. The van der Waals surface area contributed by atoms with Gasteiger partial charge in [0.05, 0.1) is 0 Å². The van der Waals surface area contributed by atoms with Crippen molar-refractivity contribution in [3.63, 3.8) is 0 Å². The average molecular weight is 312 g/mol. The predicted molar refractivity (Wildman–Crippen MR) is 77.1 cm³/mol. The lowest BCUT2D eigenvalue weighted by Gasteiger charge is -2.19. The zero-order valence-electron chi connectivity index (χ0n) is 10.7. The van der Waals surface area contributed by atoms with Crippen LogP contribution in [0.15, 0.2) is 22.7 Å². The summed E-state index contributed by atoms with van der Waals surface area (Å²) in [6.07, 6.45) is 0. The maximum absolute atomic E-state index is 12.2. The summed E-state index contributed by atoms with van der Waals surface area (Å²) in [5, 5.41) is 3.07. The second-order valence-electron chi connectivity index (χ2n) is 4.46. The lowest BCUT2D eigenvalue weighted by Crippen LogP contribution is -2.35. The molecule has 1 N–H and O–H groups in total. The standard InChI is InChI=1S/C13H18BrN3O/c1-10-3-4-11(9-12(10)14)17-8-7-16(13(17)18)6-5-15-2/h3-4,9,15H,5-8H2,1-2H3. The molecular weight excluding hydrogens is 294 g/mol. The summed E-state index contributed by atoms with van der Waals surface area (Å²) < 4.78 is 1.04. The summed E-state index contributed by atoms with van der Waals surface area (Å²) in [5.74, 6) is 0. The largest absolute Gasteiger partial charge is 0.324 e. The van der Waals surface area contributed by atoms with Crippen molar-refractivity contribution < 1.29 is 4.79 Å². The number of benzene rings is 1. The molecule has 2 rings (SSSR count). The normalized spacial score (nSPS) is 15.6. The van der Waals surface area contributed by atoms with Gasteiger partial charge in [-0.2, -0.15) is 0 Å². The maximum atomic E-state index is 12.2. The Morgan fingerprint density at radius 2 is 2.17 bits per heavy atom. The van der Waals surface area contributed by atoms with Gasteiger partial charge in [0.2, 0.25) is 0 Å². The smallest absolute Gasteiger partial charge is 0.321 e. The second kappa shape index (κ2) is 5.71. The monoisotopic (exact) mass is 311 g/mol. The van der Waals surface area contributed by atoms with Gasteiger partial charge in [-0.25, -0.2) is 4.79 Å². The number of rotatable bonds is 4. The zero-order chi connectivity index (χ0) is 13.1. The molecule has 1 aromatic rings. The van der Waals surface area contributed by atoms with Gasteiger partial charge in [-0.1, -0.05) is 22.0 Å². The molecule has 0 saturated carbocycles. The average Bonchev–Trinajstić information content (AvgIpc) is 2.72. The summed E-state index contributed by atoms with van der Waals surface area (Å²) in [7, 11) is 1.90. The van der Waals surface area contributed by atoms with Crippen molar-refractivity contribution in [2.75, 3.05) is 38.1 Å². The molecule has 0 unspecified atom stereocenters. The van der Waals surface area contributed by atoms with Gasteiger partial charge in [-0.15, -0.1) is 0 Å². The number of nitrogens with zero attached hydrogens (tertiary/aromatic N) is 2. The molecule has 1 aliphatic heterocycles. The number of halogens is 1. The van der Waals surface area contributed by atoms with Crippen LogP contribution in [0, 0.1) is 6.92 Å². The predicted octanol–water partition coefficient (Wildman–Crippen LogP) is 2.22. The maximum Gasteiger partial charge on any atom is 0.324 e. The number of amides is 2. The van der Waals surface area contributed by atoms with Crippen LogP contribution >= 0.6 is 15.9 Å². The number of likely N-dealkylation sites (N-methyl/N-ethyl adjacent to an activating group) is 1. The highest BCUT2D eigenvalue weighted by Crippen LogP contribution is 2.26. The third kappa shape index (κ3) is 2.67. The van der Waals surface area contributed by atoms with E-state index in [9.17, 15) is 4.79 Å². The summed E-state index contributed by atoms with van der Waals surface area (Å²) in [6, 6.07) is 6.14. The Balaban J connectivity index is 2.10. The molecule has 0 aromatic heterocycles. The van der Waals surface area contributed by atoms with E-state index in [0.717, 1.165) is 36.3 Å². The zero-order valence-corrected chi connectivity index (χ0v) is 12.3. The number of nitrogens with one attached hydrogen (secondary N) is 1. The number of hydrogen-bond donors (Lipinski definition) is 1. The van der Waals surface area contributed by atoms with Gasteiger partial charge in [0.1, 0.15) is 0 Å². The number of anilines is 1. The Morgan fingerprint density at radius 1 is 1.39 bits per heavy atom. The summed E-state index contributed by atoms with van der Waals surface area (Å²) in [6.45, 7) is 5.19. The lowest BCUT2D eigenvalue weighted by atomic mass is 10.2. The third-order valence-corrected chi connectivity index (χ3v) is 4.05. The Bertz CT molecular complexity index is 450. The Hall–Kier alpha value is -1.07. The van der Waals surface area contributed by atoms with Crippen molar-refractivity contribution in [3.05, 3.63) is 28.2 Å². The number of carbonyl (C=O) groups excluding carboxylic acids is 1. The van der Waals surface area contributed by atoms with Gasteiger partial charge in [0, 0.05) is 36.3 Å². The Kier molecular flexibility index (Phi) is 4.24. The van der Waals surface area contributed by atoms with Crippen LogP contribution in [0.25, 0.3) is 0 Å². The molecule has 0 bridgehead atoms. The van der Waals surface area contributed by atoms with Crippen LogP contribution in [-0.4, -0.2) is 44.2 Å². The van der Waals surface area contributed by atoms with Crippen LogP contribution in [-0.2, 0) is 0 Å². The molecular formula is C13H18BrN3O. The van der Waals surface area contributed by atoms with Crippen molar-refractivity contribution in [2.24, 2.45) is 0 Å². The summed E-state index contributed by atoms with van der Waals surface area (Å²) in [5.41, 5.74) is 2.14. The van der Waals surface area contributed by atoms with Crippen LogP contribution in [0.1, 0.15) is 5.56 Å². The molecule has 1 saturated heterocycles. The fraction of sp³-hybridized carbons (Fsp3) is 0.462. The molecule has 98 valence electrons. The van der Waals surface area contributed by atoms with Crippen molar-refractivity contribution >= 4 is 27.6 Å². The fourth-order valence-corrected chi connectivity index (χ4v) is 2.39. The molecule has 2 amide bonds. The van der Waals surface area contributed by atoms with Crippen LogP contribution in [0.4, 0.5) is 10.5 Å². The second-order valence-corrected chi connectivity index (χ2v) is 5.31. The first-order valence-corrected chi connectivity index (χ1v) is 6.90. The van der Waals surface area contributed by atoms with Crippen LogP contribution in [0.2, 0.25) is 0 Å². The number of aryl methyl sites for hydroxylation is 1. The molecule has 1 heterocycles. The number of hydrogen-bond acceptors (Lipinski definition) is 2. The van der Waals surface area contributed by atoms with Crippen molar-refractivity contribution in [3.8, 4) is 0 Å². The van der Waals surface area contributed by atoms with E-state index in [2.05, 4.69) is 21.2 Å². The van der Waals surface area contributed by atoms with Crippen LogP contribution in [0.3, 0.4) is 0 Å². The number of urea groups is 1. The fourth-order valence-electron chi connectivity index (χ4n) is 2.03. The van der Waals surface area contributed by atoms with E-state index < -0.39 is 0 Å². The first-order valence-electron chi connectivity index (χ1n) is 6.10. The molecule has 0 atom stereocenters. The SMILES string of the molecule is CNCCN1CCN(c2ccc(C)c(Br)c2)C1=O. The van der Waals surface area contributed by atoms with Crippen molar-refractivity contribution in [1.29, 1.82) is 0 Å². The van der Waals surface area contributed by atoms with E-state index in [4.69, 9.17) is 0 Å². The summed E-state index contributed by atoms with van der Waals surface area (Å²) >= 11 is 3.51. The minimum absolute atomic E-state index is 0.0982. The van der Waals surface area contributed by atoms with Gasteiger partial charge < -0.3 is 10.2 Å². The molecule has 0 spiro atoms. The van der Waals surface area contributed by atoms with E-state index in [-0.39, 0.29) is 6.03 Å². The Morgan fingerprint density at radius 3 is 2.83 bits per heavy atom. The third-order valence-electron chi connectivity index (χ3n) is 3.19. The number of carbonyl (C=O) groups is 1. The lowest BCUT2D eigenvalue weighted by molar-refractivity contribution is 0.221. The minimum atomic E-state index is 0.0982. The van der Waals surface area contributed by atoms with Gasteiger partial charge in [0.15, 0.2) is 0 Å². The molecule has 1 fully saturated rings. The molecule has 18 heavy (non-hydrogen) atoms. The van der Waals surface area contributed by atoms with E-state index in [1.54, 1.807) is 0 Å². The van der Waals surface area contributed by atoms with Gasteiger partial charge in [0.25, 0.3) is 0 Å². The molecule has 0 aliphatic carbocycles. The van der Waals surface area contributed by atoms with Crippen molar-refractivity contribution in [1.82, 2.24) is 10.2 Å². The van der Waals surface area contributed by atoms with E-state index in [1.165, 1.54) is 5.56 Å². The van der Waals surface area contributed by atoms with Crippen molar-refractivity contribution in [2.45, 2.75) is 6.92 Å². The molecule has 5 heteroatoms. The van der Waals surface area contributed by atoms with Crippen LogP contribution < -0.4 is 10.2 Å².